The molecule has 7 heteroatoms. The van der Waals surface area contributed by atoms with Crippen LogP contribution in [-0.4, -0.2) is 22.2 Å². The van der Waals surface area contributed by atoms with E-state index in [-0.39, 0.29) is 12.1 Å². The number of aryl methyl sites for hydroxylation is 1. The summed E-state index contributed by atoms with van der Waals surface area (Å²) >= 11 is 1.57. The fourth-order valence-corrected chi connectivity index (χ4v) is 3.04. The number of thiophene rings is 1. The van der Waals surface area contributed by atoms with Crippen molar-refractivity contribution in [2.75, 3.05) is 5.32 Å². The molecule has 0 spiro atoms. The zero-order chi connectivity index (χ0) is 17.1. The molecule has 3 rings (SSSR count). The number of hydrogen-bond donors (Lipinski definition) is 2. The molecule has 3 aromatic rings. The summed E-state index contributed by atoms with van der Waals surface area (Å²) in [7, 11) is 0. The summed E-state index contributed by atoms with van der Waals surface area (Å²) in [5, 5.41) is 11.6. The molecule has 0 saturated carbocycles. The number of aromatic nitrogens is 2. The van der Waals surface area contributed by atoms with Crippen molar-refractivity contribution >= 4 is 23.1 Å². The van der Waals surface area contributed by atoms with E-state index < -0.39 is 0 Å². The third kappa shape index (κ3) is 3.62. The molecule has 2 amide bonds. The molecule has 0 saturated heterocycles. The minimum Gasteiger partial charge on any atom is -0.336 e. The Balaban J connectivity index is 1.81. The molecule has 0 aliphatic carbocycles. The van der Waals surface area contributed by atoms with Gasteiger partial charge in [0.25, 0.3) is 5.89 Å². The third-order valence-electron chi connectivity index (χ3n) is 3.28. The van der Waals surface area contributed by atoms with Crippen LogP contribution >= 0.6 is 11.3 Å². The van der Waals surface area contributed by atoms with Crippen LogP contribution in [0.2, 0.25) is 0 Å². The van der Waals surface area contributed by atoms with Crippen LogP contribution in [0.3, 0.4) is 0 Å². The standard InChI is InChI=1S/C17H18N4O2S/c1-10(2)18-17(22)19-13-6-4-5-12(9-13)15-20-16(23-21-15)14-11(3)7-8-24-14/h4-10H,1-3H3,(H2,18,19,22). The van der Waals surface area contributed by atoms with Gasteiger partial charge in [-0.15, -0.1) is 11.3 Å². The number of carbonyl (C=O) groups excluding carboxylic acids is 1. The molecule has 6 nitrogen and oxygen atoms in total. The fraction of sp³-hybridized carbons (Fsp3) is 0.235. The van der Waals surface area contributed by atoms with Gasteiger partial charge in [-0.1, -0.05) is 17.3 Å². The highest BCUT2D eigenvalue weighted by molar-refractivity contribution is 7.13. The van der Waals surface area contributed by atoms with Crippen molar-refractivity contribution in [3.63, 3.8) is 0 Å². The topological polar surface area (TPSA) is 80.0 Å². The molecule has 0 aliphatic rings. The lowest BCUT2D eigenvalue weighted by molar-refractivity contribution is 0.250. The lowest BCUT2D eigenvalue weighted by Crippen LogP contribution is -2.34. The Kier molecular flexibility index (Phi) is 4.61. The molecule has 2 heterocycles. The Labute approximate surface area is 143 Å². The maximum atomic E-state index is 11.8. The van der Waals surface area contributed by atoms with E-state index in [0.717, 1.165) is 16.0 Å². The summed E-state index contributed by atoms with van der Waals surface area (Å²) in [5.74, 6) is 0.999. The molecule has 1 aromatic carbocycles. The molecule has 2 N–H and O–H groups in total. The third-order valence-corrected chi connectivity index (χ3v) is 4.29. The van der Waals surface area contributed by atoms with Crippen molar-refractivity contribution in [3.05, 3.63) is 41.3 Å². The van der Waals surface area contributed by atoms with Crippen molar-refractivity contribution in [1.29, 1.82) is 0 Å². The van der Waals surface area contributed by atoms with Gasteiger partial charge in [0.15, 0.2) is 0 Å². The number of urea groups is 1. The van der Waals surface area contributed by atoms with Gasteiger partial charge in [-0.05, 0) is 49.9 Å². The molecule has 2 aromatic heterocycles. The molecule has 0 fully saturated rings. The molecule has 0 atom stereocenters. The number of carbonyl (C=O) groups is 1. The number of amides is 2. The summed E-state index contributed by atoms with van der Waals surface area (Å²) in [4.78, 5) is 17.2. The predicted octanol–water partition coefficient (Wildman–Crippen LogP) is 4.30. The first-order valence-electron chi connectivity index (χ1n) is 7.59. The molecular formula is C17H18N4O2S. The van der Waals surface area contributed by atoms with Crippen LogP contribution in [0.5, 0.6) is 0 Å². The summed E-state index contributed by atoms with van der Waals surface area (Å²) < 4.78 is 5.37. The van der Waals surface area contributed by atoms with Gasteiger partial charge in [0.1, 0.15) is 0 Å². The van der Waals surface area contributed by atoms with E-state index >= 15 is 0 Å². The van der Waals surface area contributed by atoms with E-state index in [2.05, 4.69) is 20.8 Å². The van der Waals surface area contributed by atoms with E-state index in [1.807, 2.05) is 56.5 Å². The summed E-state index contributed by atoms with van der Waals surface area (Å²) in [6, 6.07) is 9.19. The van der Waals surface area contributed by atoms with E-state index in [0.29, 0.717) is 17.4 Å². The zero-order valence-corrected chi connectivity index (χ0v) is 14.5. The second kappa shape index (κ2) is 6.84. The predicted molar refractivity (Wildman–Crippen MR) is 95.1 cm³/mol. The number of rotatable bonds is 4. The van der Waals surface area contributed by atoms with Crippen molar-refractivity contribution in [2.24, 2.45) is 0 Å². The van der Waals surface area contributed by atoms with E-state index in [4.69, 9.17) is 4.52 Å². The lowest BCUT2D eigenvalue weighted by atomic mass is 10.2. The highest BCUT2D eigenvalue weighted by atomic mass is 32.1. The monoisotopic (exact) mass is 342 g/mol. The highest BCUT2D eigenvalue weighted by Gasteiger charge is 2.14. The first kappa shape index (κ1) is 16.2. The smallest absolute Gasteiger partial charge is 0.319 e. The van der Waals surface area contributed by atoms with Gasteiger partial charge in [-0.3, -0.25) is 0 Å². The van der Waals surface area contributed by atoms with Gasteiger partial charge in [-0.25, -0.2) is 4.79 Å². The van der Waals surface area contributed by atoms with Crippen molar-refractivity contribution in [1.82, 2.24) is 15.5 Å². The maximum absolute atomic E-state index is 11.8. The lowest BCUT2D eigenvalue weighted by Gasteiger charge is -2.10. The zero-order valence-electron chi connectivity index (χ0n) is 13.7. The highest BCUT2D eigenvalue weighted by Crippen LogP contribution is 2.29. The van der Waals surface area contributed by atoms with Crippen molar-refractivity contribution in [2.45, 2.75) is 26.8 Å². The SMILES string of the molecule is Cc1ccsc1-c1nc(-c2cccc(NC(=O)NC(C)C)c2)no1. The van der Waals surface area contributed by atoms with E-state index in [1.165, 1.54) is 0 Å². The number of hydrogen-bond acceptors (Lipinski definition) is 5. The van der Waals surface area contributed by atoms with Crippen molar-refractivity contribution in [3.8, 4) is 22.2 Å². The first-order chi connectivity index (χ1) is 11.5. The Morgan fingerprint density at radius 1 is 1.29 bits per heavy atom. The van der Waals surface area contributed by atoms with Gasteiger partial charge in [0, 0.05) is 17.3 Å². The minimum absolute atomic E-state index is 0.0713. The molecule has 24 heavy (non-hydrogen) atoms. The number of nitrogens with zero attached hydrogens (tertiary/aromatic N) is 2. The Morgan fingerprint density at radius 2 is 2.12 bits per heavy atom. The van der Waals surface area contributed by atoms with Crippen LogP contribution in [0.4, 0.5) is 10.5 Å². The second-order valence-electron chi connectivity index (χ2n) is 5.69. The number of benzene rings is 1. The summed E-state index contributed by atoms with van der Waals surface area (Å²) in [6.07, 6.45) is 0. The van der Waals surface area contributed by atoms with E-state index in [1.54, 1.807) is 11.3 Å². The molecule has 0 radical (unpaired) electrons. The summed E-state index contributed by atoms with van der Waals surface area (Å²) in [5.41, 5.74) is 2.56. The molecule has 124 valence electrons. The Bertz CT molecular complexity index is 854. The number of anilines is 1. The second-order valence-corrected chi connectivity index (χ2v) is 6.61. The molecular weight excluding hydrogens is 324 g/mol. The normalized spacial score (nSPS) is 10.8. The van der Waals surface area contributed by atoms with Gasteiger partial charge < -0.3 is 15.2 Å². The first-order valence-corrected chi connectivity index (χ1v) is 8.47. The van der Waals surface area contributed by atoms with Gasteiger partial charge in [0.2, 0.25) is 5.82 Å². The Hall–Kier alpha value is -2.67. The fourth-order valence-electron chi connectivity index (χ4n) is 2.19. The van der Waals surface area contributed by atoms with Gasteiger partial charge >= 0.3 is 6.03 Å². The average Bonchev–Trinajstić information content (AvgIpc) is 3.15. The number of nitrogens with one attached hydrogen (secondary N) is 2. The van der Waals surface area contributed by atoms with Crippen molar-refractivity contribution < 1.29 is 9.32 Å². The van der Waals surface area contributed by atoms with Crippen LogP contribution in [0.1, 0.15) is 19.4 Å². The molecule has 0 unspecified atom stereocenters. The van der Waals surface area contributed by atoms with E-state index in [9.17, 15) is 4.79 Å². The van der Waals surface area contributed by atoms with Crippen LogP contribution < -0.4 is 10.6 Å². The van der Waals surface area contributed by atoms with Crippen LogP contribution in [0.15, 0.2) is 40.2 Å². The van der Waals surface area contributed by atoms with Crippen LogP contribution in [0.25, 0.3) is 22.2 Å². The molecule has 0 aliphatic heterocycles. The van der Waals surface area contributed by atoms with Crippen LogP contribution in [0, 0.1) is 6.92 Å². The van der Waals surface area contributed by atoms with Gasteiger partial charge in [-0.2, -0.15) is 4.98 Å². The quantitative estimate of drug-likeness (QED) is 0.740. The van der Waals surface area contributed by atoms with Gasteiger partial charge in [0.05, 0.1) is 4.88 Å². The molecule has 0 bridgehead atoms. The average molecular weight is 342 g/mol. The summed E-state index contributed by atoms with van der Waals surface area (Å²) in [6.45, 7) is 5.82. The minimum atomic E-state index is -0.245. The van der Waals surface area contributed by atoms with Crippen LogP contribution in [-0.2, 0) is 0 Å². The largest absolute Gasteiger partial charge is 0.336 e. The Morgan fingerprint density at radius 3 is 2.83 bits per heavy atom. The maximum Gasteiger partial charge on any atom is 0.319 e.